The summed E-state index contributed by atoms with van der Waals surface area (Å²) < 4.78 is 12.9. The van der Waals surface area contributed by atoms with Gasteiger partial charge in [-0.2, -0.15) is 0 Å². The predicted molar refractivity (Wildman–Crippen MR) is 56.6 cm³/mol. The van der Waals surface area contributed by atoms with Crippen LogP contribution in [-0.4, -0.2) is 12.5 Å². The normalized spacial score (nSPS) is 12.4. The fourth-order valence-corrected chi connectivity index (χ4v) is 1.31. The lowest BCUT2D eigenvalue weighted by Crippen LogP contribution is -2.24. The molecule has 0 fully saturated rings. The molecule has 0 unspecified atom stereocenters. The highest BCUT2D eigenvalue weighted by atomic mass is 19.1. The third kappa shape index (κ3) is 4.08. The first-order chi connectivity index (χ1) is 7.09. The van der Waals surface area contributed by atoms with Gasteiger partial charge in [-0.3, -0.25) is 4.79 Å². The van der Waals surface area contributed by atoms with Gasteiger partial charge in [0.15, 0.2) is 0 Å². The zero-order chi connectivity index (χ0) is 11.3. The van der Waals surface area contributed by atoms with Crippen molar-refractivity contribution in [2.24, 2.45) is 5.73 Å². The minimum absolute atomic E-state index is 0.0139. The van der Waals surface area contributed by atoms with Gasteiger partial charge >= 0.3 is 0 Å². The highest BCUT2D eigenvalue weighted by Crippen LogP contribution is 2.12. The van der Waals surface area contributed by atoms with E-state index in [0.717, 1.165) is 5.56 Å². The van der Waals surface area contributed by atoms with E-state index in [2.05, 4.69) is 5.32 Å². The number of halogens is 1. The Balaban J connectivity index is 2.46. The predicted octanol–water partition coefficient (Wildman–Crippen LogP) is 1.35. The Kier molecular flexibility index (Phi) is 4.24. The summed E-state index contributed by atoms with van der Waals surface area (Å²) in [7, 11) is 0. The molecule has 0 spiro atoms. The second kappa shape index (κ2) is 5.46. The number of rotatable bonds is 5. The van der Waals surface area contributed by atoms with Gasteiger partial charge in [0.25, 0.3) is 0 Å². The molecule has 0 saturated carbocycles. The van der Waals surface area contributed by atoms with Gasteiger partial charge in [0, 0.05) is 19.0 Å². The van der Waals surface area contributed by atoms with Crippen LogP contribution in [0, 0.1) is 5.82 Å². The van der Waals surface area contributed by atoms with E-state index in [0.29, 0.717) is 13.0 Å². The monoisotopic (exact) mass is 210 g/mol. The van der Waals surface area contributed by atoms with Crippen molar-refractivity contribution < 1.29 is 9.18 Å². The molecule has 15 heavy (non-hydrogen) atoms. The number of hydrogen-bond donors (Lipinski definition) is 2. The van der Waals surface area contributed by atoms with E-state index in [-0.39, 0.29) is 17.8 Å². The second-order valence-electron chi connectivity index (χ2n) is 3.45. The number of carbonyl (C=O) groups is 1. The number of nitrogens with two attached hydrogens (primary N) is 1. The maximum absolute atomic E-state index is 12.9. The van der Waals surface area contributed by atoms with Crippen LogP contribution >= 0.6 is 0 Å². The largest absolute Gasteiger partial charge is 0.370 e. The van der Waals surface area contributed by atoms with Crippen LogP contribution in [0.5, 0.6) is 0 Å². The van der Waals surface area contributed by atoms with E-state index in [1.807, 2.05) is 13.0 Å². The summed E-state index contributed by atoms with van der Waals surface area (Å²) in [5.74, 6) is -0.593. The van der Waals surface area contributed by atoms with Crippen molar-refractivity contribution >= 4 is 5.91 Å². The molecule has 82 valence electrons. The second-order valence-corrected chi connectivity index (χ2v) is 3.45. The van der Waals surface area contributed by atoms with Crippen molar-refractivity contribution in [2.45, 2.75) is 19.4 Å². The van der Waals surface area contributed by atoms with Gasteiger partial charge in [0.1, 0.15) is 5.82 Å². The smallest absolute Gasteiger partial charge is 0.218 e. The number of carbonyl (C=O) groups excluding carboxylic acids is 1. The first-order valence-electron chi connectivity index (χ1n) is 4.86. The lowest BCUT2D eigenvalue weighted by atomic mass is 10.1. The van der Waals surface area contributed by atoms with Gasteiger partial charge in [-0.25, -0.2) is 4.39 Å². The Morgan fingerprint density at radius 1 is 1.60 bits per heavy atom. The Bertz CT molecular complexity index is 341. The quantitative estimate of drug-likeness (QED) is 0.770. The SMILES string of the molecule is C[C@H](NCCC(N)=O)c1cccc(F)c1. The van der Waals surface area contributed by atoms with Gasteiger partial charge in [0.05, 0.1) is 0 Å². The molecule has 0 bridgehead atoms. The zero-order valence-corrected chi connectivity index (χ0v) is 8.66. The summed E-state index contributed by atoms with van der Waals surface area (Å²) in [6, 6.07) is 6.39. The van der Waals surface area contributed by atoms with Crippen molar-refractivity contribution in [2.75, 3.05) is 6.54 Å². The van der Waals surface area contributed by atoms with Crippen molar-refractivity contribution in [3.8, 4) is 0 Å². The Morgan fingerprint density at radius 3 is 2.93 bits per heavy atom. The van der Waals surface area contributed by atoms with Crippen molar-refractivity contribution in [3.05, 3.63) is 35.6 Å². The molecule has 0 aromatic heterocycles. The van der Waals surface area contributed by atoms with E-state index >= 15 is 0 Å². The summed E-state index contributed by atoms with van der Waals surface area (Å²) >= 11 is 0. The average molecular weight is 210 g/mol. The highest BCUT2D eigenvalue weighted by molar-refractivity contribution is 5.73. The third-order valence-electron chi connectivity index (χ3n) is 2.17. The molecule has 0 aliphatic heterocycles. The number of amides is 1. The van der Waals surface area contributed by atoms with Crippen LogP contribution in [0.2, 0.25) is 0 Å². The van der Waals surface area contributed by atoms with Gasteiger partial charge in [-0.1, -0.05) is 12.1 Å². The van der Waals surface area contributed by atoms with Crippen LogP contribution in [0.1, 0.15) is 24.9 Å². The number of hydrogen-bond acceptors (Lipinski definition) is 2. The van der Waals surface area contributed by atoms with Gasteiger partial charge in [-0.15, -0.1) is 0 Å². The van der Waals surface area contributed by atoms with E-state index in [9.17, 15) is 9.18 Å². The van der Waals surface area contributed by atoms with Crippen LogP contribution in [0.15, 0.2) is 24.3 Å². The van der Waals surface area contributed by atoms with Crippen LogP contribution in [0.4, 0.5) is 4.39 Å². The van der Waals surface area contributed by atoms with Crippen molar-refractivity contribution in [3.63, 3.8) is 0 Å². The van der Waals surface area contributed by atoms with Gasteiger partial charge in [0.2, 0.25) is 5.91 Å². The molecule has 0 aliphatic carbocycles. The molecule has 1 rings (SSSR count). The Morgan fingerprint density at radius 2 is 2.33 bits per heavy atom. The molecule has 0 aliphatic rings. The molecule has 0 saturated heterocycles. The molecule has 1 atom stereocenters. The minimum Gasteiger partial charge on any atom is -0.370 e. The maximum atomic E-state index is 12.9. The van der Waals surface area contributed by atoms with Crippen LogP contribution in [-0.2, 0) is 4.79 Å². The average Bonchev–Trinajstić information content (AvgIpc) is 2.17. The van der Waals surface area contributed by atoms with E-state index in [1.165, 1.54) is 12.1 Å². The molecule has 3 N–H and O–H groups in total. The van der Waals surface area contributed by atoms with Gasteiger partial charge in [-0.05, 0) is 24.6 Å². The third-order valence-corrected chi connectivity index (χ3v) is 2.17. The number of benzene rings is 1. The highest BCUT2D eigenvalue weighted by Gasteiger charge is 2.05. The van der Waals surface area contributed by atoms with Crippen LogP contribution in [0.3, 0.4) is 0 Å². The lowest BCUT2D eigenvalue weighted by molar-refractivity contribution is -0.117. The van der Waals surface area contributed by atoms with Crippen LogP contribution < -0.4 is 11.1 Å². The summed E-state index contributed by atoms with van der Waals surface area (Å²) in [6.07, 6.45) is 0.291. The molecule has 1 aromatic carbocycles. The van der Waals surface area contributed by atoms with Crippen molar-refractivity contribution in [1.29, 1.82) is 0 Å². The summed E-state index contributed by atoms with van der Waals surface area (Å²) in [5.41, 5.74) is 5.86. The van der Waals surface area contributed by atoms with Crippen molar-refractivity contribution in [1.82, 2.24) is 5.32 Å². The van der Waals surface area contributed by atoms with E-state index < -0.39 is 0 Å². The maximum Gasteiger partial charge on any atom is 0.218 e. The molecular weight excluding hydrogens is 195 g/mol. The minimum atomic E-state index is -0.339. The molecule has 1 aromatic rings. The summed E-state index contributed by atoms with van der Waals surface area (Å²) in [5, 5.41) is 3.09. The summed E-state index contributed by atoms with van der Waals surface area (Å²) in [6.45, 7) is 2.42. The molecule has 3 nitrogen and oxygen atoms in total. The van der Waals surface area contributed by atoms with E-state index in [1.54, 1.807) is 6.07 Å². The number of nitrogens with one attached hydrogen (secondary N) is 1. The fraction of sp³-hybridized carbons (Fsp3) is 0.364. The molecule has 0 radical (unpaired) electrons. The molecule has 0 heterocycles. The zero-order valence-electron chi connectivity index (χ0n) is 8.66. The number of primary amides is 1. The lowest BCUT2D eigenvalue weighted by Gasteiger charge is -2.13. The van der Waals surface area contributed by atoms with Crippen LogP contribution in [0.25, 0.3) is 0 Å². The molecule has 4 heteroatoms. The first-order valence-corrected chi connectivity index (χ1v) is 4.86. The fourth-order valence-electron chi connectivity index (χ4n) is 1.31. The standard InChI is InChI=1S/C11H15FN2O/c1-8(14-6-5-11(13)15)9-3-2-4-10(12)7-9/h2-4,7-8,14H,5-6H2,1H3,(H2,13,15)/t8-/m0/s1. The molecule has 1 amide bonds. The van der Waals surface area contributed by atoms with E-state index in [4.69, 9.17) is 5.73 Å². The topological polar surface area (TPSA) is 55.1 Å². The summed E-state index contributed by atoms with van der Waals surface area (Å²) in [4.78, 5) is 10.5. The Labute approximate surface area is 88.5 Å². The first kappa shape index (κ1) is 11.7. The van der Waals surface area contributed by atoms with Gasteiger partial charge < -0.3 is 11.1 Å². The Hall–Kier alpha value is -1.42. The molecular formula is C11H15FN2O.